The van der Waals surface area contributed by atoms with E-state index in [0.29, 0.717) is 18.7 Å². The second kappa shape index (κ2) is 7.85. The van der Waals surface area contributed by atoms with Crippen molar-refractivity contribution in [2.45, 2.75) is 43.0 Å². The fourth-order valence-corrected chi connectivity index (χ4v) is 4.91. The minimum atomic E-state index is -3.58. The lowest BCUT2D eigenvalue weighted by Gasteiger charge is -2.21. The number of nitrogens with one attached hydrogen (secondary N) is 1. The van der Waals surface area contributed by atoms with E-state index in [4.69, 9.17) is 0 Å². The number of carbonyl (C=O) groups is 1. The maximum atomic E-state index is 12.8. The second-order valence-electron chi connectivity index (χ2n) is 7.08. The molecule has 7 heteroatoms. The highest BCUT2D eigenvalue weighted by Crippen LogP contribution is 2.21. The van der Waals surface area contributed by atoms with Gasteiger partial charge in [-0.1, -0.05) is 18.9 Å². The monoisotopic (exact) mass is 365 g/mol. The molecule has 1 aliphatic carbocycles. The quantitative estimate of drug-likeness (QED) is 0.881. The van der Waals surface area contributed by atoms with Crippen LogP contribution in [0.2, 0.25) is 0 Å². The van der Waals surface area contributed by atoms with Crippen LogP contribution in [-0.2, 0) is 10.0 Å². The van der Waals surface area contributed by atoms with Crippen LogP contribution >= 0.6 is 0 Å². The second-order valence-corrected chi connectivity index (χ2v) is 8.79. The molecule has 0 radical (unpaired) electrons. The maximum absolute atomic E-state index is 12.8. The average Bonchev–Trinajstić information content (AvgIpc) is 3.00. The Morgan fingerprint density at radius 2 is 1.84 bits per heavy atom. The van der Waals surface area contributed by atoms with E-state index in [1.807, 2.05) is 4.90 Å². The number of hydrogen-bond donors (Lipinski definition) is 1. The molecule has 2 aliphatic rings. The minimum Gasteiger partial charge on any atom is -0.337 e. The van der Waals surface area contributed by atoms with Gasteiger partial charge in [0.15, 0.2) is 0 Å². The van der Waals surface area contributed by atoms with Crippen molar-refractivity contribution in [1.29, 1.82) is 0 Å². The zero-order valence-electron chi connectivity index (χ0n) is 14.8. The van der Waals surface area contributed by atoms with Crippen LogP contribution in [0.15, 0.2) is 29.2 Å². The topological polar surface area (TPSA) is 69.7 Å². The van der Waals surface area contributed by atoms with Gasteiger partial charge in [0.05, 0.1) is 4.90 Å². The molecule has 6 nitrogen and oxygen atoms in total. The Bertz CT molecular complexity index is 714. The third kappa shape index (κ3) is 4.59. The summed E-state index contributed by atoms with van der Waals surface area (Å²) in [6, 6.07) is 6.44. The summed E-state index contributed by atoms with van der Waals surface area (Å²) < 4.78 is 28.0. The first-order chi connectivity index (χ1) is 12.0. The van der Waals surface area contributed by atoms with E-state index in [-0.39, 0.29) is 16.8 Å². The van der Waals surface area contributed by atoms with Crippen LogP contribution < -0.4 is 4.72 Å². The van der Waals surface area contributed by atoms with E-state index in [2.05, 4.69) is 16.7 Å². The highest BCUT2D eigenvalue weighted by atomic mass is 32.2. The van der Waals surface area contributed by atoms with Crippen molar-refractivity contribution in [3.63, 3.8) is 0 Å². The molecule has 3 rings (SSSR count). The molecule has 25 heavy (non-hydrogen) atoms. The molecule has 1 saturated heterocycles. The molecule has 2 fully saturated rings. The lowest BCUT2D eigenvalue weighted by atomic mass is 10.2. The third-order valence-corrected chi connectivity index (χ3v) is 6.59. The highest BCUT2D eigenvalue weighted by Gasteiger charge is 2.25. The normalized spacial score (nSPS) is 20.6. The molecule has 0 aromatic heterocycles. The predicted octanol–water partition coefficient (Wildman–Crippen LogP) is 1.69. The molecule has 1 N–H and O–H groups in total. The summed E-state index contributed by atoms with van der Waals surface area (Å²) in [6.45, 7) is 3.20. The van der Waals surface area contributed by atoms with Gasteiger partial charge >= 0.3 is 0 Å². The highest BCUT2D eigenvalue weighted by molar-refractivity contribution is 7.89. The molecule has 1 aromatic rings. The zero-order chi connectivity index (χ0) is 17.9. The molecular weight excluding hydrogens is 338 g/mol. The van der Waals surface area contributed by atoms with Crippen molar-refractivity contribution < 1.29 is 13.2 Å². The Labute approximate surface area is 150 Å². The fourth-order valence-electron chi connectivity index (χ4n) is 3.56. The Kier molecular flexibility index (Phi) is 5.76. The van der Waals surface area contributed by atoms with Gasteiger partial charge in [-0.15, -0.1) is 0 Å². The number of rotatable bonds is 4. The van der Waals surface area contributed by atoms with Crippen molar-refractivity contribution in [3.05, 3.63) is 29.8 Å². The standard InChI is InChI=1S/C18H27N3O3S/c1-20-10-5-11-21(13-12-20)18(22)15-6-4-9-17(14-15)25(23,24)19-16-7-2-3-8-16/h4,6,9,14,16,19H,2-3,5,7-8,10-13H2,1H3. The Hall–Kier alpha value is -1.44. The maximum Gasteiger partial charge on any atom is 0.253 e. The van der Waals surface area contributed by atoms with Gasteiger partial charge < -0.3 is 9.80 Å². The van der Waals surface area contributed by atoms with Gasteiger partial charge in [-0.3, -0.25) is 4.79 Å². The van der Waals surface area contributed by atoms with Crippen LogP contribution in [0.3, 0.4) is 0 Å². The molecule has 1 aromatic carbocycles. The fraction of sp³-hybridized carbons (Fsp3) is 0.611. The molecule has 138 valence electrons. The summed E-state index contributed by atoms with van der Waals surface area (Å²) in [7, 11) is -1.52. The van der Waals surface area contributed by atoms with Gasteiger partial charge in [0.1, 0.15) is 0 Å². The minimum absolute atomic E-state index is 0.0190. The Balaban J connectivity index is 1.75. The van der Waals surface area contributed by atoms with Crippen molar-refractivity contribution in [1.82, 2.24) is 14.5 Å². The molecule has 0 atom stereocenters. The van der Waals surface area contributed by atoms with Crippen molar-refractivity contribution >= 4 is 15.9 Å². The third-order valence-electron chi connectivity index (χ3n) is 5.07. The van der Waals surface area contributed by atoms with E-state index in [1.165, 1.54) is 6.07 Å². The summed E-state index contributed by atoms with van der Waals surface area (Å²) in [5.74, 6) is -0.0896. The lowest BCUT2D eigenvalue weighted by molar-refractivity contribution is 0.0762. The van der Waals surface area contributed by atoms with E-state index < -0.39 is 10.0 Å². The number of amides is 1. The van der Waals surface area contributed by atoms with E-state index >= 15 is 0 Å². The number of carbonyl (C=O) groups excluding carboxylic acids is 1. The van der Waals surface area contributed by atoms with Crippen molar-refractivity contribution in [3.8, 4) is 0 Å². The molecule has 1 aliphatic heterocycles. The van der Waals surface area contributed by atoms with Crippen LogP contribution in [0.25, 0.3) is 0 Å². The zero-order valence-corrected chi connectivity index (χ0v) is 15.6. The smallest absolute Gasteiger partial charge is 0.253 e. The lowest BCUT2D eigenvalue weighted by Crippen LogP contribution is -2.35. The molecule has 1 saturated carbocycles. The predicted molar refractivity (Wildman–Crippen MR) is 97.0 cm³/mol. The van der Waals surface area contributed by atoms with Crippen LogP contribution in [0.5, 0.6) is 0 Å². The van der Waals surface area contributed by atoms with Crippen molar-refractivity contribution in [2.75, 3.05) is 33.2 Å². The van der Waals surface area contributed by atoms with Gasteiger partial charge in [0, 0.05) is 31.2 Å². The van der Waals surface area contributed by atoms with Crippen LogP contribution in [0.1, 0.15) is 42.5 Å². The summed E-state index contributed by atoms with van der Waals surface area (Å²) in [5.41, 5.74) is 0.443. The Morgan fingerprint density at radius 1 is 1.08 bits per heavy atom. The van der Waals surface area contributed by atoms with Crippen LogP contribution in [-0.4, -0.2) is 63.4 Å². The first kappa shape index (κ1) is 18.4. The summed E-state index contributed by atoms with van der Waals surface area (Å²) in [4.78, 5) is 17.0. The number of likely N-dealkylation sites (N-methyl/N-ethyl adjacent to an activating group) is 1. The number of benzene rings is 1. The largest absolute Gasteiger partial charge is 0.337 e. The summed E-state index contributed by atoms with van der Waals surface area (Å²) in [6.07, 6.45) is 4.84. The molecule has 1 heterocycles. The molecule has 1 amide bonds. The summed E-state index contributed by atoms with van der Waals surface area (Å²) >= 11 is 0. The number of nitrogens with zero attached hydrogens (tertiary/aromatic N) is 2. The molecule has 0 spiro atoms. The number of sulfonamides is 1. The van der Waals surface area contributed by atoms with E-state index in [9.17, 15) is 13.2 Å². The van der Waals surface area contributed by atoms with E-state index in [0.717, 1.165) is 45.2 Å². The van der Waals surface area contributed by atoms with Crippen LogP contribution in [0, 0.1) is 0 Å². The first-order valence-corrected chi connectivity index (χ1v) is 10.5. The van der Waals surface area contributed by atoms with E-state index in [1.54, 1.807) is 18.2 Å². The van der Waals surface area contributed by atoms with Gasteiger partial charge in [-0.2, -0.15) is 0 Å². The van der Waals surface area contributed by atoms with Crippen molar-refractivity contribution in [2.24, 2.45) is 0 Å². The van der Waals surface area contributed by atoms with Crippen LogP contribution in [0.4, 0.5) is 0 Å². The molecule has 0 bridgehead atoms. The average molecular weight is 365 g/mol. The Morgan fingerprint density at radius 3 is 2.60 bits per heavy atom. The molecular formula is C18H27N3O3S. The SMILES string of the molecule is CN1CCCN(C(=O)c2cccc(S(=O)(=O)NC3CCCC3)c2)CC1. The summed E-state index contributed by atoms with van der Waals surface area (Å²) in [5, 5.41) is 0. The van der Waals surface area contributed by atoms with Gasteiger partial charge in [-0.25, -0.2) is 13.1 Å². The van der Waals surface area contributed by atoms with Gasteiger partial charge in [0.2, 0.25) is 10.0 Å². The van der Waals surface area contributed by atoms with Gasteiger partial charge in [-0.05, 0) is 51.1 Å². The van der Waals surface area contributed by atoms with Gasteiger partial charge in [0.25, 0.3) is 5.91 Å². The first-order valence-electron chi connectivity index (χ1n) is 9.06. The number of hydrogen-bond acceptors (Lipinski definition) is 4. The molecule has 0 unspecified atom stereocenters.